The first kappa shape index (κ1) is 20.8. The summed E-state index contributed by atoms with van der Waals surface area (Å²) < 4.78 is 31.3. The van der Waals surface area contributed by atoms with Gasteiger partial charge in [0.25, 0.3) is 0 Å². The molecule has 29 heavy (non-hydrogen) atoms. The van der Waals surface area contributed by atoms with Gasteiger partial charge in [0.2, 0.25) is 0 Å². The normalized spacial score (nSPS) is 24.7. The highest BCUT2D eigenvalue weighted by atomic mass is 32.2. The van der Waals surface area contributed by atoms with Crippen LogP contribution in [0.3, 0.4) is 0 Å². The summed E-state index contributed by atoms with van der Waals surface area (Å²) in [6, 6.07) is 10.5. The largest absolute Gasteiger partial charge is 0.375 e. The molecule has 4 rings (SSSR count). The number of thioether (sulfide) groups is 1. The van der Waals surface area contributed by atoms with Gasteiger partial charge in [-0.1, -0.05) is 42.1 Å². The highest BCUT2D eigenvalue weighted by molar-refractivity contribution is 7.99. The third-order valence-corrected chi connectivity index (χ3v) is 8.58. The van der Waals surface area contributed by atoms with Crippen molar-refractivity contribution in [3.63, 3.8) is 0 Å². The Labute approximate surface area is 176 Å². The lowest BCUT2D eigenvalue weighted by molar-refractivity contribution is -0.0187. The van der Waals surface area contributed by atoms with E-state index in [1.165, 1.54) is 5.56 Å². The first-order chi connectivity index (χ1) is 14.0. The van der Waals surface area contributed by atoms with Crippen LogP contribution in [-0.4, -0.2) is 71.1 Å². The Morgan fingerprint density at radius 2 is 2.07 bits per heavy atom. The number of nitrogens with zero attached hydrogens (tertiary/aromatic N) is 4. The first-order valence-electron chi connectivity index (χ1n) is 10.1. The van der Waals surface area contributed by atoms with Crippen LogP contribution in [0.2, 0.25) is 0 Å². The van der Waals surface area contributed by atoms with Gasteiger partial charge in [-0.05, 0) is 17.9 Å². The zero-order valence-electron chi connectivity index (χ0n) is 16.7. The molecule has 2 atom stereocenters. The maximum absolute atomic E-state index is 11.7. The van der Waals surface area contributed by atoms with Crippen molar-refractivity contribution in [2.75, 3.05) is 37.0 Å². The van der Waals surface area contributed by atoms with Gasteiger partial charge in [0.15, 0.2) is 15.0 Å². The van der Waals surface area contributed by atoms with Crippen LogP contribution in [0.4, 0.5) is 0 Å². The molecule has 0 radical (unpaired) electrons. The molecule has 158 valence electrons. The number of rotatable bonds is 7. The van der Waals surface area contributed by atoms with E-state index in [1.807, 2.05) is 17.7 Å². The number of benzene rings is 1. The summed E-state index contributed by atoms with van der Waals surface area (Å²) >= 11 is 1.66. The summed E-state index contributed by atoms with van der Waals surface area (Å²) in [7, 11) is -0.895. The lowest BCUT2D eigenvalue weighted by atomic mass is 10.1. The van der Waals surface area contributed by atoms with E-state index in [4.69, 9.17) is 4.74 Å². The van der Waals surface area contributed by atoms with Crippen molar-refractivity contribution in [1.82, 2.24) is 19.7 Å². The smallest absolute Gasteiger partial charge is 0.191 e. The molecule has 3 heterocycles. The van der Waals surface area contributed by atoms with E-state index in [-0.39, 0.29) is 17.8 Å². The van der Waals surface area contributed by atoms with Gasteiger partial charge >= 0.3 is 0 Å². The van der Waals surface area contributed by atoms with Crippen molar-refractivity contribution in [2.45, 2.75) is 30.6 Å². The molecular formula is C20H28N4O3S2. The first-order valence-corrected chi connectivity index (χ1v) is 12.9. The molecule has 2 fully saturated rings. The number of sulfone groups is 1. The number of aromatic nitrogens is 3. The highest BCUT2D eigenvalue weighted by Crippen LogP contribution is 2.25. The van der Waals surface area contributed by atoms with Crippen LogP contribution in [0.5, 0.6) is 0 Å². The number of morpholine rings is 1. The molecule has 2 aliphatic heterocycles. The fourth-order valence-electron chi connectivity index (χ4n) is 3.97. The van der Waals surface area contributed by atoms with Crippen molar-refractivity contribution in [3.05, 3.63) is 41.7 Å². The molecule has 1 aromatic heterocycles. The molecule has 7 nitrogen and oxygen atoms in total. The van der Waals surface area contributed by atoms with Crippen LogP contribution in [0.25, 0.3) is 0 Å². The molecule has 9 heteroatoms. The summed E-state index contributed by atoms with van der Waals surface area (Å²) in [4.78, 5) is 2.44. The molecule has 2 saturated heterocycles. The van der Waals surface area contributed by atoms with E-state index >= 15 is 0 Å². The third-order valence-electron chi connectivity index (χ3n) is 5.59. The van der Waals surface area contributed by atoms with Gasteiger partial charge in [-0.2, -0.15) is 0 Å². The van der Waals surface area contributed by atoms with E-state index < -0.39 is 9.84 Å². The number of hydrogen-bond acceptors (Lipinski definition) is 7. The summed E-state index contributed by atoms with van der Waals surface area (Å²) in [5, 5.41) is 9.50. The Kier molecular flexibility index (Phi) is 6.58. The van der Waals surface area contributed by atoms with Crippen LogP contribution >= 0.6 is 11.8 Å². The standard InChI is InChI=1S/C20H28N4O3S2/c1-23-19(11-17-7-10-29(25,26)15-17)21-22-20(23)28-14-18-13-24(8-9-27-18)12-16-5-3-2-4-6-16/h2-6,17-18H,7-15H2,1H3/t17-,18-/m0/s1. The molecule has 0 spiro atoms. The van der Waals surface area contributed by atoms with E-state index in [9.17, 15) is 8.42 Å². The molecule has 0 saturated carbocycles. The maximum Gasteiger partial charge on any atom is 0.191 e. The lowest BCUT2D eigenvalue weighted by Crippen LogP contribution is -2.43. The average Bonchev–Trinajstić information content (AvgIpc) is 3.23. The van der Waals surface area contributed by atoms with E-state index in [0.717, 1.165) is 49.4 Å². The van der Waals surface area contributed by atoms with Gasteiger partial charge < -0.3 is 9.30 Å². The van der Waals surface area contributed by atoms with Gasteiger partial charge in [0.1, 0.15) is 5.82 Å². The van der Waals surface area contributed by atoms with Crippen molar-refractivity contribution in [3.8, 4) is 0 Å². The lowest BCUT2D eigenvalue weighted by Gasteiger charge is -2.32. The minimum absolute atomic E-state index is 0.161. The topological polar surface area (TPSA) is 77.3 Å². The second-order valence-electron chi connectivity index (χ2n) is 7.96. The number of hydrogen-bond donors (Lipinski definition) is 0. The Hall–Kier alpha value is -1.42. The molecule has 2 aromatic rings. The van der Waals surface area contributed by atoms with E-state index in [2.05, 4.69) is 39.4 Å². The van der Waals surface area contributed by atoms with Gasteiger partial charge in [-0.25, -0.2) is 8.42 Å². The minimum atomic E-state index is -2.86. The Morgan fingerprint density at radius 3 is 2.83 bits per heavy atom. The quantitative estimate of drug-likeness (QED) is 0.612. The minimum Gasteiger partial charge on any atom is -0.375 e. The van der Waals surface area contributed by atoms with Crippen LogP contribution in [0, 0.1) is 5.92 Å². The van der Waals surface area contributed by atoms with Crippen molar-refractivity contribution in [2.24, 2.45) is 13.0 Å². The second kappa shape index (κ2) is 9.16. The Bertz CT molecular complexity index is 917. The zero-order valence-corrected chi connectivity index (χ0v) is 18.4. The Morgan fingerprint density at radius 1 is 1.24 bits per heavy atom. The van der Waals surface area contributed by atoms with E-state index in [0.29, 0.717) is 12.2 Å². The monoisotopic (exact) mass is 436 g/mol. The highest BCUT2D eigenvalue weighted by Gasteiger charge is 2.29. The van der Waals surface area contributed by atoms with Crippen LogP contribution in [0.15, 0.2) is 35.5 Å². The molecule has 0 bridgehead atoms. The molecular weight excluding hydrogens is 408 g/mol. The molecule has 2 aliphatic rings. The number of ether oxygens (including phenoxy) is 1. The molecule has 0 unspecified atom stereocenters. The van der Waals surface area contributed by atoms with Crippen molar-refractivity contribution in [1.29, 1.82) is 0 Å². The fourth-order valence-corrected chi connectivity index (χ4v) is 6.77. The van der Waals surface area contributed by atoms with E-state index in [1.54, 1.807) is 11.8 Å². The predicted octanol–water partition coefficient (Wildman–Crippen LogP) is 1.79. The summed E-state index contributed by atoms with van der Waals surface area (Å²) in [5.41, 5.74) is 1.33. The molecule has 0 aliphatic carbocycles. The molecule has 0 N–H and O–H groups in total. The second-order valence-corrected chi connectivity index (χ2v) is 11.2. The van der Waals surface area contributed by atoms with Crippen molar-refractivity contribution < 1.29 is 13.2 Å². The SMILES string of the molecule is Cn1c(C[C@@H]2CCS(=O)(=O)C2)nnc1SC[C@@H]1CN(Cc2ccccc2)CCO1. The molecule has 1 aromatic carbocycles. The average molecular weight is 437 g/mol. The summed E-state index contributed by atoms with van der Waals surface area (Å²) in [6.07, 6.45) is 1.57. The van der Waals surface area contributed by atoms with Gasteiger partial charge in [0, 0.05) is 38.9 Å². The third kappa shape index (κ3) is 5.59. The van der Waals surface area contributed by atoms with Crippen LogP contribution in [0.1, 0.15) is 17.8 Å². The van der Waals surface area contributed by atoms with Gasteiger partial charge in [-0.15, -0.1) is 10.2 Å². The van der Waals surface area contributed by atoms with Gasteiger partial charge in [-0.3, -0.25) is 4.90 Å². The van der Waals surface area contributed by atoms with Crippen molar-refractivity contribution >= 4 is 21.6 Å². The van der Waals surface area contributed by atoms with Gasteiger partial charge in [0.05, 0.1) is 24.2 Å². The fraction of sp³-hybridized carbons (Fsp3) is 0.600. The maximum atomic E-state index is 11.7. The predicted molar refractivity (Wildman–Crippen MR) is 114 cm³/mol. The summed E-state index contributed by atoms with van der Waals surface area (Å²) in [5.74, 6) is 2.43. The van der Waals surface area contributed by atoms with Crippen LogP contribution < -0.4 is 0 Å². The Balaban J connectivity index is 1.28. The summed E-state index contributed by atoms with van der Waals surface area (Å²) in [6.45, 7) is 3.56. The molecule has 0 amide bonds. The zero-order chi connectivity index (χ0) is 20.3. The van der Waals surface area contributed by atoms with Crippen LogP contribution in [-0.2, 0) is 34.6 Å².